The van der Waals surface area contributed by atoms with Gasteiger partial charge in [-0.05, 0) is 25.0 Å². The van der Waals surface area contributed by atoms with Gasteiger partial charge in [0.25, 0.3) is 0 Å². The minimum absolute atomic E-state index is 0.233. The first-order chi connectivity index (χ1) is 10.2. The third kappa shape index (κ3) is 3.84. The van der Waals surface area contributed by atoms with Crippen LogP contribution in [0, 0.1) is 0 Å². The minimum Gasteiger partial charge on any atom is -0.478 e. The third-order valence-electron chi connectivity index (χ3n) is 3.38. The summed E-state index contributed by atoms with van der Waals surface area (Å²) in [6, 6.07) is 9.09. The average molecular weight is 288 g/mol. The predicted octanol–water partition coefficient (Wildman–Crippen LogP) is 2.98. The standard InChI is InChI=1S/C16H20N2O3/c1-2-3-9-16(15(19)20,12-18-11-10-17-13-18)21-14-7-5-4-6-8-14/h4-8,10-11,13H,2-3,9,12H2,1H3,(H,19,20). The number of carboxylic acid groups (broad SMARTS) is 1. The molecule has 2 rings (SSSR count). The highest BCUT2D eigenvalue weighted by molar-refractivity contribution is 5.78. The summed E-state index contributed by atoms with van der Waals surface area (Å²) in [5.41, 5.74) is -1.28. The molecule has 0 aliphatic carbocycles. The van der Waals surface area contributed by atoms with Crippen molar-refractivity contribution in [1.29, 1.82) is 0 Å². The number of nitrogens with zero attached hydrogens (tertiary/aromatic N) is 2. The number of rotatable bonds is 8. The van der Waals surface area contributed by atoms with Gasteiger partial charge < -0.3 is 14.4 Å². The topological polar surface area (TPSA) is 64.4 Å². The van der Waals surface area contributed by atoms with Crippen LogP contribution in [0.1, 0.15) is 26.2 Å². The highest BCUT2D eigenvalue weighted by Crippen LogP contribution is 2.26. The molecule has 0 saturated carbocycles. The van der Waals surface area contributed by atoms with E-state index >= 15 is 0 Å². The summed E-state index contributed by atoms with van der Waals surface area (Å²) in [6.07, 6.45) is 7.14. The van der Waals surface area contributed by atoms with E-state index in [1.807, 2.05) is 25.1 Å². The normalized spacial score (nSPS) is 13.6. The number of para-hydroxylation sites is 1. The molecular weight excluding hydrogens is 268 g/mol. The number of carbonyl (C=O) groups is 1. The average Bonchev–Trinajstić information content (AvgIpc) is 2.98. The van der Waals surface area contributed by atoms with Gasteiger partial charge >= 0.3 is 5.97 Å². The van der Waals surface area contributed by atoms with E-state index in [-0.39, 0.29) is 6.54 Å². The number of carboxylic acids is 1. The van der Waals surface area contributed by atoms with Crippen LogP contribution in [0.3, 0.4) is 0 Å². The zero-order chi connectivity index (χ0) is 15.1. The molecule has 1 unspecified atom stereocenters. The maximum Gasteiger partial charge on any atom is 0.349 e. The molecule has 0 saturated heterocycles. The molecule has 1 aromatic heterocycles. The summed E-state index contributed by atoms with van der Waals surface area (Å²) in [4.78, 5) is 15.9. The van der Waals surface area contributed by atoms with E-state index < -0.39 is 11.6 Å². The molecule has 0 spiro atoms. The van der Waals surface area contributed by atoms with Gasteiger partial charge in [-0.25, -0.2) is 9.78 Å². The van der Waals surface area contributed by atoms with Crippen molar-refractivity contribution < 1.29 is 14.6 Å². The molecule has 0 aliphatic heterocycles. The third-order valence-corrected chi connectivity index (χ3v) is 3.38. The molecule has 0 radical (unpaired) electrons. The second-order valence-electron chi connectivity index (χ2n) is 5.05. The molecule has 1 heterocycles. The second kappa shape index (κ2) is 6.92. The molecule has 5 heteroatoms. The summed E-state index contributed by atoms with van der Waals surface area (Å²) < 4.78 is 7.63. The number of aromatic nitrogens is 2. The highest BCUT2D eigenvalue weighted by atomic mass is 16.5. The van der Waals surface area contributed by atoms with E-state index in [1.54, 1.807) is 35.4 Å². The lowest BCUT2D eigenvalue weighted by Crippen LogP contribution is -2.48. The number of hydrogen-bond acceptors (Lipinski definition) is 3. The van der Waals surface area contributed by atoms with Gasteiger partial charge in [0, 0.05) is 12.4 Å². The van der Waals surface area contributed by atoms with Crippen molar-refractivity contribution in [3.05, 3.63) is 49.1 Å². The van der Waals surface area contributed by atoms with Crippen molar-refractivity contribution in [2.24, 2.45) is 0 Å². The Balaban J connectivity index is 2.28. The van der Waals surface area contributed by atoms with Gasteiger partial charge in [0.05, 0.1) is 12.9 Å². The molecule has 1 atom stereocenters. The van der Waals surface area contributed by atoms with Crippen LogP contribution in [0.15, 0.2) is 49.1 Å². The number of ether oxygens (including phenoxy) is 1. The maximum atomic E-state index is 11.9. The molecule has 21 heavy (non-hydrogen) atoms. The zero-order valence-corrected chi connectivity index (χ0v) is 12.1. The summed E-state index contributed by atoms with van der Waals surface area (Å²) in [5.74, 6) is -0.385. The minimum atomic E-state index is -1.28. The van der Waals surface area contributed by atoms with Crippen LogP contribution in [0.4, 0.5) is 0 Å². The first kappa shape index (κ1) is 15.1. The van der Waals surface area contributed by atoms with Crippen LogP contribution in [-0.4, -0.2) is 26.2 Å². The van der Waals surface area contributed by atoms with Crippen LogP contribution in [0.5, 0.6) is 5.75 Å². The number of imidazole rings is 1. The summed E-state index contributed by atoms with van der Waals surface area (Å²) >= 11 is 0. The fourth-order valence-electron chi connectivity index (χ4n) is 2.23. The number of unbranched alkanes of at least 4 members (excludes halogenated alkanes) is 1. The number of aliphatic carboxylic acids is 1. The van der Waals surface area contributed by atoms with E-state index in [4.69, 9.17) is 4.74 Å². The molecule has 0 fully saturated rings. The summed E-state index contributed by atoms with van der Waals surface area (Å²) in [7, 11) is 0. The fraction of sp³-hybridized carbons (Fsp3) is 0.375. The van der Waals surface area contributed by atoms with E-state index in [2.05, 4.69) is 4.98 Å². The van der Waals surface area contributed by atoms with Gasteiger partial charge in [0.15, 0.2) is 0 Å². The second-order valence-corrected chi connectivity index (χ2v) is 5.05. The summed E-state index contributed by atoms with van der Waals surface area (Å²) in [6.45, 7) is 2.27. The predicted molar refractivity (Wildman–Crippen MR) is 79.2 cm³/mol. The molecule has 0 bridgehead atoms. The Bertz CT molecular complexity index is 554. The highest BCUT2D eigenvalue weighted by Gasteiger charge is 2.41. The van der Waals surface area contributed by atoms with Gasteiger partial charge in [0.2, 0.25) is 5.60 Å². The lowest BCUT2D eigenvalue weighted by Gasteiger charge is -2.30. The van der Waals surface area contributed by atoms with Crippen LogP contribution >= 0.6 is 0 Å². The van der Waals surface area contributed by atoms with E-state index in [1.165, 1.54) is 0 Å². The molecule has 0 aliphatic rings. The first-order valence-electron chi connectivity index (χ1n) is 7.09. The molecule has 1 N–H and O–H groups in total. The van der Waals surface area contributed by atoms with Crippen molar-refractivity contribution in [2.75, 3.05) is 0 Å². The van der Waals surface area contributed by atoms with E-state index in [0.29, 0.717) is 12.2 Å². The number of hydrogen-bond donors (Lipinski definition) is 1. The van der Waals surface area contributed by atoms with Crippen molar-refractivity contribution in [1.82, 2.24) is 9.55 Å². The maximum absolute atomic E-state index is 11.9. The SMILES string of the molecule is CCCCC(Cn1ccnc1)(Oc1ccccc1)C(=O)O. The van der Waals surface area contributed by atoms with E-state index in [0.717, 1.165) is 12.8 Å². The van der Waals surface area contributed by atoms with Crippen LogP contribution in [0.25, 0.3) is 0 Å². The van der Waals surface area contributed by atoms with Gasteiger partial charge in [0.1, 0.15) is 5.75 Å². The Morgan fingerprint density at radius 2 is 2.14 bits per heavy atom. The lowest BCUT2D eigenvalue weighted by atomic mass is 9.96. The van der Waals surface area contributed by atoms with E-state index in [9.17, 15) is 9.90 Å². The molecule has 112 valence electrons. The van der Waals surface area contributed by atoms with Crippen LogP contribution < -0.4 is 4.74 Å². The summed E-state index contributed by atoms with van der Waals surface area (Å²) in [5, 5.41) is 9.75. The zero-order valence-electron chi connectivity index (χ0n) is 12.1. The van der Waals surface area contributed by atoms with Gasteiger partial charge in [-0.15, -0.1) is 0 Å². The molecule has 2 aromatic rings. The van der Waals surface area contributed by atoms with Crippen LogP contribution in [0.2, 0.25) is 0 Å². The molecule has 1 aromatic carbocycles. The molecule has 0 amide bonds. The Morgan fingerprint density at radius 1 is 1.38 bits per heavy atom. The van der Waals surface area contributed by atoms with Gasteiger partial charge in [-0.3, -0.25) is 0 Å². The lowest BCUT2D eigenvalue weighted by molar-refractivity contribution is -0.157. The molecular formula is C16H20N2O3. The van der Waals surface area contributed by atoms with Crippen molar-refractivity contribution >= 4 is 5.97 Å². The van der Waals surface area contributed by atoms with Gasteiger partial charge in [-0.2, -0.15) is 0 Å². The largest absolute Gasteiger partial charge is 0.478 e. The first-order valence-corrected chi connectivity index (χ1v) is 7.09. The number of benzene rings is 1. The van der Waals surface area contributed by atoms with Gasteiger partial charge in [-0.1, -0.05) is 31.5 Å². The Morgan fingerprint density at radius 3 is 2.71 bits per heavy atom. The molecule has 5 nitrogen and oxygen atoms in total. The Kier molecular flexibility index (Phi) is 4.98. The van der Waals surface area contributed by atoms with Crippen LogP contribution in [-0.2, 0) is 11.3 Å². The van der Waals surface area contributed by atoms with Crippen molar-refractivity contribution in [3.63, 3.8) is 0 Å². The smallest absolute Gasteiger partial charge is 0.349 e. The Hall–Kier alpha value is -2.30. The Labute approximate surface area is 124 Å². The fourth-order valence-corrected chi connectivity index (χ4v) is 2.23. The monoisotopic (exact) mass is 288 g/mol. The quantitative estimate of drug-likeness (QED) is 0.811. The van der Waals surface area contributed by atoms with Crippen molar-refractivity contribution in [2.45, 2.75) is 38.3 Å². The van der Waals surface area contributed by atoms with Crippen molar-refractivity contribution in [3.8, 4) is 5.75 Å².